The summed E-state index contributed by atoms with van der Waals surface area (Å²) < 4.78 is 19.6. The van der Waals surface area contributed by atoms with Crippen LogP contribution in [0.4, 0.5) is 33.2 Å². The Hall–Kier alpha value is -3.98. The number of ether oxygens (including phenoxy) is 1. The van der Waals surface area contributed by atoms with E-state index < -0.39 is 5.82 Å². The molecule has 0 saturated carbocycles. The summed E-state index contributed by atoms with van der Waals surface area (Å²) in [6.07, 6.45) is 2.28. The van der Waals surface area contributed by atoms with Crippen LogP contribution in [0.5, 0.6) is 5.75 Å². The second kappa shape index (κ2) is 10.2. The van der Waals surface area contributed by atoms with Gasteiger partial charge in [0, 0.05) is 24.1 Å². The van der Waals surface area contributed by atoms with E-state index in [-0.39, 0.29) is 30.9 Å². The van der Waals surface area contributed by atoms with Crippen LogP contribution in [0.3, 0.4) is 0 Å². The molecule has 1 heterocycles. The maximum Gasteiger partial charge on any atom is 0.250 e. The molecule has 1 amide bonds. The summed E-state index contributed by atoms with van der Waals surface area (Å²) in [4.78, 5) is 21.4. The molecule has 9 heteroatoms. The average Bonchev–Trinajstić information content (AvgIpc) is 2.80. The van der Waals surface area contributed by atoms with Gasteiger partial charge in [0.1, 0.15) is 12.4 Å². The van der Waals surface area contributed by atoms with Gasteiger partial charge < -0.3 is 25.4 Å². The van der Waals surface area contributed by atoms with Crippen molar-refractivity contribution in [2.24, 2.45) is 0 Å². The molecular formula is C22H22FN5O3. The predicted octanol–water partition coefficient (Wildman–Crippen LogP) is 3.62. The number of aliphatic hydroxyl groups excluding tert-OH is 1. The van der Waals surface area contributed by atoms with Crippen LogP contribution in [0.25, 0.3) is 0 Å². The van der Waals surface area contributed by atoms with Crippen molar-refractivity contribution in [3.05, 3.63) is 73.2 Å². The molecule has 0 fully saturated rings. The Bertz CT molecular complexity index is 1060. The Labute approximate surface area is 179 Å². The predicted molar refractivity (Wildman–Crippen MR) is 118 cm³/mol. The molecule has 0 radical (unpaired) electrons. The van der Waals surface area contributed by atoms with E-state index in [4.69, 9.17) is 9.84 Å². The first-order valence-corrected chi connectivity index (χ1v) is 9.40. The highest BCUT2D eigenvalue weighted by Crippen LogP contribution is 2.24. The molecule has 2 aromatic carbocycles. The van der Waals surface area contributed by atoms with E-state index in [1.54, 1.807) is 55.6 Å². The number of carbonyl (C=O) groups excluding carboxylic acids is 1. The summed E-state index contributed by atoms with van der Waals surface area (Å²) in [7, 11) is 1.62. The minimum Gasteiger partial charge on any atom is -0.491 e. The van der Waals surface area contributed by atoms with Crippen LogP contribution in [0, 0.1) is 5.82 Å². The largest absolute Gasteiger partial charge is 0.491 e. The summed E-state index contributed by atoms with van der Waals surface area (Å²) in [5.41, 5.74) is 1.85. The van der Waals surface area contributed by atoms with Gasteiger partial charge in [0.25, 0.3) is 0 Å². The van der Waals surface area contributed by atoms with Crippen molar-refractivity contribution >= 4 is 34.7 Å². The van der Waals surface area contributed by atoms with Gasteiger partial charge in [0.2, 0.25) is 11.9 Å². The van der Waals surface area contributed by atoms with Gasteiger partial charge in [0.15, 0.2) is 11.6 Å². The molecule has 0 bridgehead atoms. The van der Waals surface area contributed by atoms with Crippen LogP contribution in [0.2, 0.25) is 0 Å². The minimum absolute atomic E-state index is 0.0183. The second-order valence-corrected chi connectivity index (χ2v) is 6.39. The van der Waals surface area contributed by atoms with Crippen LogP contribution in [-0.2, 0) is 4.79 Å². The van der Waals surface area contributed by atoms with Crippen molar-refractivity contribution in [2.75, 3.05) is 35.8 Å². The van der Waals surface area contributed by atoms with Crippen LogP contribution in [0.1, 0.15) is 0 Å². The molecule has 3 aromatic rings. The normalized spacial score (nSPS) is 10.3. The number of benzene rings is 2. The highest BCUT2D eigenvalue weighted by atomic mass is 19.1. The number of nitrogens with zero attached hydrogens (tertiary/aromatic N) is 3. The Balaban J connectivity index is 1.74. The first-order valence-electron chi connectivity index (χ1n) is 9.40. The van der Waals surface area contributed by atoms with Gasteiger partial charge in [-0.2, -0.15) is 4.98 Å². The smallest absolute Gasteiger partial charge is 0.250 e. The number of nitrogens with one attached hydrogen (secondary N) is 2. The van der Waals surface area contributed by atoms with Gasteiger partial charge in [0.05, 0.1) is 12.8 Å². The fourth-order valence-electron chi connectivity index (χ4n) is 2.64. The second-order valence-electron chi connectivity index (χ2n) is 6.39. The molecule has 0 unspecified atom stereocenters. The van der Waals surface area contributed by atoms with Crippen LogP contribution in [-0.4, -0.2) is 41.2 Å². The lowest BCUT2D eigenvalue weighted by Gasteiger charge is -2.16. The van der Waals surface area contributed by atoms with E-state index in [0.29, 0.717) is 22.8 Å². The van der Waals surface area contributed by atoms with Gasteiger partial charge in [-0.3, -0.25) is 4.79 Å². The molecule has 1 aromatic heterocycles. The number of aliphatic hydroxyl groups is 1. The van der Waals surface area contributed by atoms with Gasteiger partial charge in [-0.25, -0.2) is 9.37 Å². The summed E-state index contributed by atoms with van der Waals surface area (Å²) in [5, 5.41) is 14.7. The number of halogens is 1. The van der Waals surface area contributed by atoms with Crippen LogP contribution >= 0.6 is 0 Å². The van der Waals surface area contributed by atoms with E-state index >= 15 is 0 Å². The topological polar surface area (TPSA) is 99.6 Å². The Morgan fingerprint density at radius 1 is 1.23 bits per heavy atom. The third-order valence-corrected chi connectivity index (χ3v) is 4.22. The SMILES string of the molecule is C=CC(=O)N(C)c1cccc(Nc2nc(Nc3ccc(OCCO)cc3)ncc2F)c1. The van der Waals surface area contributed by atoms with Gasteiger partial charge >= 0.3 is 0 Å². The van der Waals surface area contributed by atoms with E-state index in [2.05, 4.69) is 27.2 Å². The molecule has 0 spiro atoms. The zero-order valence-corrected chi connectivity index (χ0v) is 16.9. The van der Waals surface area contributed by atoms with Gasteiger partial charge in [-0.05, 0) is 48.5 Å². The fourth-order valence-corrected chi connectivity index (χ4v) is 2.64. The van der Waals surface area contributed by atoms with Crippen LogP contribution < -0.4 is 20.3 Å². The first kappa shape index (κ1) is 21.7. The van der Waals surface area contributed by atoms with E-state index in [1.807, 2.05) is 0 Å². The number of anilines is 5. The van der Waals surface area contributed by atoms with Crippen molar-refractivity contribution < 1.29 is 19.0 Å². The lowest BCUT2D eigenvalue weighted by molar-refractivity contribution is -0.113. The van der Waals surface area contributed by atoms with Crippen molar-refractivity contribution in [1.29, 1.82) is 0 Å². The van der Waals surface area contributed by atoms with Crippen molar-refractivity contribution in [3.63, 3.8) is 0 Å². The fraction of sp³-hybridized carbons (Fsp3) is 0.136. The lowest BCUT2D eigenvalue weighted by Crippen LogP contribution is -2.23. The van der Waals surface area contributed by atoms with E-state index in [0.717, 1.165) is 6.20 Å². The van der Waals surface area contributed by atoms with E-state index in [9.17, 15) is 9.18 Å². The zero-order chi connectivity index (χ0) is 22.2. The lowest BCUT2D eigenvalue weighted by atomic mass is 10.2. The van der Waals surface area contributed by atoms with Crippen molar-refractivity contribution in [1.82, 2.24) is 9.97 Å². The number of aromatic nitrogens is 2. The number of likely N-dealkylation sites (N-methyl/N-ethyl adjacent to an activating group) is 1. The highest BCUT2D eigenvalue weighted by Gasteiger charge is 2.11. The third-order valence-electron chi connectivity index (χ3n) is 4.22. The summed E-state index contributed by atoms with van der Waals surface area (Å²) in [6, 6.07) is 13.9. The first-order chi connectivity index (χ1) is 15.0. The number of hydrogen-bond donors (Lipinski definition) is 3. The van der Waals surface area contributed by atoms with E-state index in [1.165, 1.54) is 11.0 Å². The average molecular weight is 423 g/mol. The molecule has 0 aliphatic carbocycles. The molecule has 31 heavy (non-hydrogen) atoms. The number of rotatable bonds is 9. The molecule has 0 saturated heterocycles. The quantitative estimate of drug-likeness (QED) is 0.452. The zero-order valence-electron chi connectivity index (χ0n) is 16.9. The number of hydrogen-bond acceptors (Lipinski definition) is 7. The highest BCUT2D eigenvalue weighted by molar-refractivity contribution is 6.00. The molecular weight excluding hydrogens is 401 g/mol. The summed E-state index contributed by atoms with van der Waals surface area (Å²) in [6.45, 7) is 3.62. The molecule has 160 valence electrons. The number of carbonyl (C=O) groups is 1. The maximum atomic E-state index is 14.3. The molecule has 0 aliphatic heterocycles. The number of amides is 1. The summed E-state index contributed by atoms with van der Waals surface area (Å²) in [5.74, 6) is -0.0936. The molecule has 0 aliphatic rings. The Kier molecular flexibility index (Phi) is 7.13. The molecule has 3 rings (SSSR count). The Morgan fingerprint density at radius 2 is 2.00 bits per heavy atom. The molecule has 3 N–H and O–H groups in total. The standard InChI is InChI=1S/C22H22FN5O3/c1-3-20(30)28(2)17-6-4-5-16(13-17)25-21-19(23)14-24-22(27-21)26-15-7-9-18(10-8-15)31-12-11-29/h3-10,13-14,29H,1,11-12H2,2H3,(H2,24,25,26,27). The van der Waals surface area contributed by atoms with Crippen molar-refractivity contribution in [3.8, 4) is 5.75 Å². The maximum absolute atomic E-state index is 14.3. The van der Waals surface area contributed by atoms with Crippen molar-refractivity contribution in [2.45, 2.75) is 0 Å². The monoisotopic (exact) mass is 423 g/mol. The minimum atomic E-state index is -0.626. The molecule has 0 atom stereocenters. The molecule has 8 nitrogen and oxygen atoms in total. The van der Waals surface area contributed by atoms with Gasteiger partial charge in [-0.1, -0.05) is 12.6 Å². The Morgan fingerprint density at radius 3 is 2.71 bits per heavy atom. The third kappa shape index (κ3) is 5.77. The van der Waals surface area contributed by atoms with Crippen LogP contribution in [0.15, 0.2) is 67.4 Å². The van der Waals surface area contributed by atoms with Gasteiger partial charge in [-0.15, -0.1) is 0 Å². The summed E-state index contributed by atoms with van der Waals surface area (Å²) >= 11 is 0.